The molecular weight excluding hydrogens is 518 g/mol. The summed E-state index contributed by atoms with van der Waals surface area (Å²) in [5.74, 6) is 0. The molecule has 7 heteroatoms. The maximum absolute atomic E-state index is 2.56. The molecule has 4 fully saturated rings. The predicted octanol–water partition coefficient (Wildman–Crippen LogP) is 4.98. The van der Waals surface area contributed by atoms with E-state index in [1.807, 2.05) is 0 Å². The molecule has 4 aliphatic rings. The Balaban J connectivity index is 0.000000281. The monoisotopic (exact) mass is 596 g/mol. The fraction of sp³-hybridized carbons (Fsp3) is 1.00. The lowest BCUT2D eigenvalue weighted by Crippen LogP contribution is -2.50. The van der Waals surface area contributed by atoms with Crippen LogP contribution in [0.3, 0.4) is 0 Å². The van der Waals surface area contributed by atoms with Gasteiger partial charge in [-0.05, 0) is 109 Å². The first kappa shape index (κ1) is 39.7. The Morgan fingerprint density at radius 1 is 0.357 bits per heavy atom. The number of rotatable bonds is 6. The second kappa shape index (κ2) is 22.3. The van der Waals surface area contributed by atoms with Crippen LogP contribution in [0.5, 0.6) is 0 Å². The maximum atomic E-state index is 2.56. The summed E-state index contributed by atoms with van der Waals surface area (Å²) in [5, 5.41) is 0. The van der Waals surface area contributed by atoms with Gasteiger partial charge >= 0.3 is 0 Å². The summed E-state index contributed by atoms with van der Waals surface area (Å²) in [6.45, 7) is 43.9. The standard InChI is InChI=1S/C10H22N2.C9H20N2.C8H18N2.C8H17N/c1-9(2)11-5-7-12(8-6-11)10(3)4;1-4-10-5-7-11(8-6-10)9(2)3;1-8(2)10-6-4-9(3)5-7-10;1-8(2)9-6-4-3-5-7-9/h9-10H,5-8H2,1-4H3;9H,4-8H2,1-3H3;8H,4-7H2,1-3H3;8H,3-7H2,1-2H3. The van der Waals surface area contributed by atoms with Crippen molar-refractivity contribution in [3.8, 4) is 0 Å². The van der Waals surface area contributed by atoms with Crippen LogP contribution in [-0.2, 0) is 0 Å². The Bertz CT molecular complexity index is 593. The summed E-state index contributed by atoms with van der Waals surface area (Å²) >= 11 is 0. The molecule has 252 valence electrons. The molecule has 0 aliphatic carbocycles. The van der Waals surface area contributed by atoms with Crippen molar-refractivity contribution in [2.75, 3.05) is 105 Å². The van der Waals surface area contributed by atoms with Crippen molar-refractivity contribution in [1.82, 2.24) is 34.3 Å². The quantitative estimate of drug-likeness (QED) is 0.427. The van der Waals surface area contributed by atoms with Gasteiger partial charge in [0.2, 0.25) is 0 Å². The minimum Gasteiger partial charge on any atom is -0.304 e. The largest absolute Gasteiger partial charge is 0.304 e. The van der Waals surface area contributed by atoms with Crippen LogP contribution in [-0.4, -0.2) is 170 Å². The van der Waals surface area contributed by atoms with Crippen LogP contribution in [0, 0.1) is 0 Å². The average molecular weight is 596 g/mol. The fourth-order valence-corrected chi connectivity index (χ4v) is 6.14. The molecule has 4 rings (SSSR count). The van der Waals surface area contributed by atoms with Gasteiger partial charge in [0, 0.05) is 109 Å². The molecule has 0 atom stereocenters. The molecule has 4 heterocycles. The average Bonchev–Trinajstić information content (AvgIpc) is 2.99. The normalized spacial score (nSPS) is 23.1. The van der Waals surface area contributed by atoms with E-state index >= 15 is 0 Å². The molecule has 0 aromatic heterocycles. The summed E-state index contributed by atoms with van der Waals surface area (Å²) in [7, 11) is 2.19. The van der Waals surface area contributed by atoms with Gasteiger partial charge < -0.3 is 14.7 Å². The molecular formula is C35H77N7. The lowest BCUT2D eigenvalue weighted by molar-refractivity contribution is 0.0887. The zero-order chi connectivity index (χ0) is 31.7. The molecule has 0 bridgehead atoms. The van der Waals surface area contributed by atoms with E-state index in [1.165, 1.54) is 117 Å². The zero-order valence-electron chi connectivity index (χ0n) is 30.7. The van der Waals surface area contributed by atoms with Crippen LogP contribution < -0.4 is 0 Å². The van der Waals surface area contributed by atoms with Gasteiger partial charge in [0.05, 0.1) is 0 Å². The third-order valence-electron chi connectivity index (χ3n) is 9.78. The van der Waals surface area contributed by atoms with Gasteiger partial charge in [0.1, 0.15) is 0 Å². The lowest BCUT2D eigenvalue weighted by Gasteiger charge is -2.38. The van der Waals surface area contributed by atoms with Gasteiger partial charge in [-0.15, -0.1) is 0 Å². The number of likely N-dealkylation sites (tertiary alicyclic amines) is 1. The smallest absolute Gasteiger partial charge is 0.0113 e. The first-order valence-electron chi connectivity index (χ1n) is 18.0. The van der Waals surface area contributed by atoms with Crippen molar-refractivity contribution in [1.29, 1.82) is 0 Å². The van der Waals surface area contributed by atoms with Crippen molar-refractivity contribution in [2.24, 2.45) is 0 Å². The SMILES string of the molecule is CC(C)N1CCCCC1.CC(C)N1CCN(C(C)C)CC1.CC(C)N1CCN(C)CC1.CCN1CCN(C(C)C)CC1. The number of hydrogen-bond acceptors (Lipinski definition) is 7. The van der Waals surface area contributed by atoms with Crippen LogP contribution in [0.4, 0.5) is 0 Å². The summed E-state index contributed by atoms with van der Waals surface area (Å²) < 4.78 is 0. The lowest BCUT2D eigenvalue weighted by atomic mass is 10.1. The molecule has 42 heavy (non-hydrogen) atoms. The van der Waals surface area contributed by atoms with E-state index in [0.29, 0.717) is 0 Å². The molecule has 0 spiro atoms. The molecule has 4 saturated heterocycles. The van der Waals surface area contributed by atoms with Gasteiger partial charge in [-0.25, -0.2) is 0 Å². The highest BCUT2D eigenvalue weighted by atomic mass is 15.3. The van der Waals surface area contributed by atoms with Gasteiger partial charge in [-0.2, -0.15) is 0 Å². The Labute approximate surface area is 264 Å². The Hall–Kier alpha value is -0.280. The topological polar surface area (TPSA) is 22.7 Å². The van der Waals surface area contributed by atoms with E-state index in [4.69, 9.17) is 0 Å². The summed E-state index contributed by atoms with van der Waals surface area (Å²) in [6.07, 6.45) is 4.28. The second-order valence-electron chi connectivity index (χ2n) is 14.4. The Kier molecular flexibility index (Phi) is 21.1. The fourth-order valence-electron chi connectivity index (χ4n) is 6.14. The summed E-state index contributed by atoms with van der Waals surface area (Å²) in [5.41, 5.74) is 0. The Morgan fingerprint density at radius 2 is 0.619 bits per heavy atom. The third kappa shape index (κ3) is 16.7. The van der Waals surface area contributed by atoms with Crippen molar-refractivity contribution in [3.05, 3.63) is 0 Å². The molecule has 0 radical (unpaired) electrons. The van der Waals surface area contributed by atoms with Crippen LogP contribution in [0.2, 0.25) is 0 Å². The van der Waals surface area contributed by atoms with Crippen LogP contribution in [0.1, 0.15) is 95.4 Å². The van der Waals surface area contributed by atoms with E-state index in [0.717, 1.165) is 30.2 Å². The number of piperidine rings is 1. The van der Waals surface area contributed by atoms with E-state index < -0.39 is 0 Å². The van der Waals surface area contributed by atoms with E-state index in [-0.39, 0.29) is 0 Å². The highest BCUT2D eigenvalue weighted by Crippen LogP contribution is 2.11. The second-order valence-corrected chi connectivity index (χ2v) is 14.4. The maximum Gasteiger partial charge on any atom is 0.0113 e. The summed E-state index contributed by atoms with van der Waals surface area (Å²) in [4.78, 5) is 17.6. The number of nitrogens with zero attached hydrogens (tertiary/aromatic N) is 7. The van der Waals surface area contributed by atoms with Crippen molar-refractivity contribution in [3.63, 3.8) is 0 Å². The van der Waals surface area contributed by atoms with E-state index in [9.17, 15) is 0 Å². The molecule has 0 aromatic rings. The first-order chi connectivity index (χ1) is 19.8. The Morgan fingerprint density at radius 3 is 0.881 bits per heavy atom. The minimum atomic E-state index is 0.722. The van der Waals surface area contributed by atoms with E-state index in [2.05, 4.69) is 118 Å². The minimum absolute atomic E-state index is 0.722. The molecule has 0 saturated carbocycles. The molecule has 0 unspecified atom stereocenters. The summed E-state index contributed by atoms with van der Waals surface area (Å²) in [6, 6.07) is 3.67. The van der Waals surface area contributed by atoms with Gasteiger partial charge in [-0.3, -0.25) is 19.6 Å². The van der Waals surface area contributed by atoms with Crippen molar-refractivity contribution >= 4 is 0 Å². The van der Waals surface area contributed by atoms with Crippen LogP contribution in [0.25, 0.3) is 0 Å². The first-order valence-corrected chi connectivity index (χ1v) is 18.0. The van der Waals surface area contributed by atoms with Crippen molar-refractivity contribution < 1.29 is 0 Å². The zero-order valence-corrected chi connectivity index (χ0v) is 30.7. The number of likely N-dealkylation sites (N-methyl/N-ethyl adjacent to an activating group) is 2. The molecule has 0 N–H and O–H groups in total. The van der Waals surface area contributed by atoms with E-state index in [1.54, 1.807) is 0 Å². The highest BCUT2D eigenvalue weighted by Gasteiger charge is 2.20. The van der Waals surface area contributed by atoms with Gasteiger partial charge in [-0.1, -0.05) is 13.3 Å². The molecule has 0 amide bonds. The molecule has 7 nitrogen and oxygen atoms in total. The van der Waals surface area contributed by atoms with Crippen molar-refractivity contribution in [2.45, 2.75) is 126 Å². The number of piperazine rings is 3. The van der Waals surface area contributed by atoms with Gasteiger partial charge in [0.25, 0.3) is 0 Å². The highest BCUT2D eigenvalue weighted by molar-refractivity contribution is 4.76. The van der Waals surface area contributed by atoms with Crippen LogP contribution in [0.15, 0.2) is 0 Å². The molecule has 4 aliphatic heterocycles. The van der Waals surface area contributed by atoms with Gasteiger partial charge in [0.15, 0.2) is 0 Å². The third-order valence-corrected chi connectivity index (χ3v) is 9.78. The number of hydrogen-bond donors (Lipinski definition) is 0. The van der Waals surface area contributed by atoms with Crippen LogP contribution >= 0.6 is 0 Å². The predicted molar refractivity (Wildman–Crippen MR) is 187 cm³/mol. The molecule has 0 aromatic carbocycles.